The third-order valence-corrected chi connectivity index (χ3v) is 4.40. The molecular weight excluding hydrogens is 282 g/mol. The summed E-state index contributed by atoms with van der Waals surface area (Å²) in [5.74, 6) is 0. The summed E-state index contributed by atoms with van der Waals surface area (Å²) in [4.78, 5) is 0. The van der Waals surface area contributed by atoms with Crippen LogP contribution >= 0.6 is 0 Å². The third kappa shape index (κ3) is 3.24. The van der Waals surface area contributed by atoms with Crippen LogP contribution < -0.4 is 5.32 Å². The van der Waals surface area contributed by atoms with E-state index in [0.29, 0.717) is 0 Å². The Hall–Kier alpha value is -2.29. The van der Waals surface area contributed by atoms with Crippen molar-refractivity contribution in [2.24, 2.45) is 0 Å². The maximum atomic E-state index is 11.6. The van der Waals surface area contributed by atoms with Gasteiger partial charge < -0.3 is 10.4 Å². The predicted molar refractivity (Wildman–Crippen MR) is 94.2 cm³/mol. The lowest BCUT2D eigenvalue weighted by Gasteiger charge is -2.36. The fourth-order valence-electron chi connectivity index (χ4n) is 3.00. The molecule has 2 N–H and O–H groups in total. The molecule has 0 bridgehead atoms. The van der Waals surface area contributed by atoms with E-state index in [-0.39, 0.29) is 6.04 Å². The Kier molecular flexibility index (Phi) is 4.65. The van der Waals surface area contributed by atoms with Gasteiger partial charge in [0.1, 0.15) is 5.60 Å². The van der Waals surface area contributed by atoms with E-state index in [0.717, 1.165) is 17.7 Å². The molecule has 0 radical (unpaired) electrons. The van der Waals surface area contributed by atoms with Gasteiger partial charge >= 0.3 is 0 Å². The minimum Gasteiger partial charge on any atom is -0.379 e. The zero-order chi connectivity index (χ0) is 16.1. The highest BCUT2D eigenvalue weighted by atomic mass is 16.3. The Labute approximate surface area is 137 Å². The summed E-state index contributed by atoms with van der Waals surface area (Å²) in [5.41, 5.74) is 1.94. The van der Waals surface area contributed by atoms with Crippen molar-refractivity contribution in [3.05, 3.63) is 102 Å². The van der Waals surface area contributed by atoms with Gasteiger partial charge in [0.15, 0.2) is 0 Å². The summed E-state index contributed by atoms with van der Waals surface area (Å²) >= 11 is 0. The molecule has 3 rings (SSSR count). The van der Waals surface area contributed by atoms with E-state index in [9.17, 15) is 5.11 Å². The normalized spacial score (nSPS) is 13.0. The fraction of sp³-hybridized carbons (Fsp3) is 0.190. The van der Waals surface area contributed by atoms with Crippen LogP contribution in [-0.2, 0) is 12.1 Å². The van der Waals surface area contributed by atoms with Crippen LogP contribution in [0.25, 0.3) is 0 Å². The van der Waals surface area contributed by atoms with Crippen molar-refractivity contribution in [3.8, 4) is 0 Å². The summed E-state index contributed by atoms with van der Waals surface area (Å²) in [7, 11) is 0. The van der Waals surface area contributed by atoms with Crippen LogP contribution in [0.3, 0.4) is 0 Å². The first kappa shape index (κ1) is 15.6. The lowest BCUT2D eigenvalue weighted by molar-refractivity contribution is 0.0431. The van der Waals surface area contributed by atoms with Crippen LogP contribution in [-0.4, -0.2) is 11.1 Å². The van der Waals surface area contributed by atoms with Crippen molar-refractivity contribution in [2.75, 3.05) is 0 Å². The smallest absolute Gasteiger partial charge is 0.130 e. The minimum atomic E-state index is -1.07. The minimum absolute atomic E-state index is 0.137. The van der Waals surface area contributed by atoms with Gasteiger partial charge in [-0.2, -0.15) is 17.7 Å². The molecular formula is C21H22NO-. The van der Waals surface area contributed by atoms with Crippen LogP contribution in [0, 0.1) is 0 Å². The molecule has 0 aliphatic heterocycles. The van der Waals surface area contributed by atoms with Gasteiger partial charge in [0.05, 0.1) is 0 Å². The molecule has 0 spiro atoms. The van der Waals surface area contributed by atoms with Gasteiger partial charge in [-0.3, -0.25) is 0 Å². The van der Waals surface area contributed by atoms with Gasteiger partial charge in [-0.25, -0.2) is 12.1 Å². The van der Waals surface area contributed by atoms with Crippen molar-refractivity contribution in [1.29, 1.82) is 0 Å². The first-order valence-electron chi connectivity index (χ1n) is 7.98. The van der Waals surface area contributed by atoms with E-state index in [4.69, 9.17) is 0 Å². The lowest BCUT2D eigenvalue weighted by Crippen LogP contribution is -2.47. The molecule has 2 nitrogen and oxygen atoms in total. The number of rotatable bonds is 6. The van der Waals surface area contributed by atoms with E-state index >= 15 is 0 Å². The summed E-state index contributed by atoms with van der Waals surface area (Å²) in [6, 6.07) is 27.8. The highest BCUT2D eigenvalue weighted by Crippen LogP contribution is 2.33. The summed E-state index contributed by atoms with van der Waals surface area (Å²) in [5, 5.41) is 15.1. The van der Waals surface area contributed by atoms with Crippen LogP contribution in [0.1, 0.15) is 23.6 Å². The molecule has 0 aliphatic rings. The van der Waals surface area contributed by atoms with E-state index in [1.807, 2.05) is 79.7 Å². The summed E-state index contributed by atoms with van der Waals surface area (Å²) in [6.45, 7) is 2.76. The van der Waals surface area contributed by atoms with Crippen molar-refractivity contribution < 1.29 is 5.11 Å². The second-order valence-corrected chi connectivity index (χ2v) is 5.89. The van der Waals surface area contributed by atoms with Crippen molar-refractivity contribution >= 4 is 0 Å². The maximum Gasteiger partial charge on any atom is 0.130 e. The molecule has 2 heteroatoms. The zero-order valence-electron chi connectivity index (χ0n) is 13.3. The van der Waals surface area contributed by atoms with Crippen LogP contribution in [0.5, 0.6) is 0 Å². The van der Waals surface area contributed by atoms with Crippen molar-refractivity contribution in [2.45, 2.75) is 25.1 Å². The number of hydrogen-bond acceptors (Lipinski definition) is 2. The van der Waals surface area contributed by atoms with Crippen LogP contribution in [0.4, 0.5) is 0 Å². The van der Waals surface area contributed by atoms with E-state index in [1.54, 1.807) is 0 Å². The highest BCUT2D eigenvalue weighted by Gasteiger charge is 2.37. The fourth-order valence-corrected chi connectivity index (χ4v) is 3.00. The van der Waals surface area contributed by atoms with Gasteiger partial charge in [-0.1, -0.05) is 60.7 Å². The summed E-state index contributed by atoms with van der Waals surface area (Å²) in [6.07, 6.45) is 0. The van der Waals surface area contributed by atoms with Crippen molar-refractivity contribution in [1.82, 2.24) is 5.32 Å². The molecule has 0 saturated heterocycles. The van der Waals surface area contributed by atoms with Crippen molar-refractivity contribution in [3.63, 3.8) is 0 Å². The Morgan fingerprint density at radius 1 is 0.913 bits per heavy atom. The Balaban J connectivity index is 1.92. The second-order valence-electron chi connectivity index (χ2n) is 5.89. The molecule has 3 aromatic carbocycles. The Morgan fingerprint density at radius 3 is 1.96 bits per heavy atom. The van der Waals surface area contributed by atoms with E-state index in [1.165, 1.54) is 5.56 Å². The van der Waals surface area contributed by atoms with Crippen LogP contribution in [0.2, 0.25) is 0 Å². The quantitative estimate of drug-likeness (QED) is 0.679. The van der Waals surface area contributed by atoms with Gasteiger partial charge in [-0.05, 0) is 24.6 Å². The third-order valence-electron chi connectivity index (χ3n) is 4.40. The van der Waals surface area contributed by atoms with E-state index < -0.39 is 5.60 Å². The molecule has 0 amide bonds. The maximum absolute atomic E-state index is 11.6. The Bertz CT molecular complexity index is 665. The molecule has 23 heavy (non-hydrogen) atoms. The molecule has 0 aliphatic carbocycles. The zero-order valence-corrected chi connectivity index (χ0v) is 13.3. The topological polar surface area (TPSA) is 32.3 Å². The lowest BCUT2D eigenvalue weighted by atomic mass is 9.81. The molecule has 1 atom stereocenters. The Morgan fingerprint density at radius 2 is 1.48 bits per heavy atom. The SMILES string of the molecule is C[C@H](NCc1ccc[cH-]1)C(O)(c1ccccc1)c1ccccc1. The number of nitrogens with one attached hydrogen (secondary N) is 1. The largest absolute Gasteiger partial charge is 0.379 e. The number of hydrogen-bond donors (Lipinski definition) is 2. The van der Waals surface area contributed by atoms with Gasteiger partial charge in [0.25, 0.3) is 0 Å². The molecule has 0 fully saturated rings. The molecule has 0 saturated carbocycles. The molecule has 0 unspecified atom stereocenters. The second kappa shape index (κ2) is 6.86. The van der Waals surface area contributed by atoms with E-state index in [2.05, 4.69) is 17.4 Å². The average molecular weight is 304 g/mol. The highest BCUT2D eigenvalue weighted by molar-refractivity contribution is 5.38. The number of aliphatic hydroxyl groups is 1. The predicted octanol–water partition coefficient (Wildman–Crippen LogP) is 3.82. The van der Waals surface area contributed by atoms with Gasteiger partial charge in [-0.15, -0.1) is 0 Å². The molecule has 0 aromatic heterocycles. The molecule has 118 valence electrons. The molecule has 0 heterocycles. The van der Waals surface area contributed by atoms with Gasteiger partial charge in [0.2, 0.25) is 0 Å². The monoisotopic (exact) mass is 304 g/mol. The van der Waals surface area contributed by atoms with Gasteiger partial charge in [0, 0.05) is 6.04 Å². The first-order chi connectivity index (χ1) is 11.2. The van der Waals surface area contributed by atoms with Crippen LogP contribution in [0.15, 0.2) is 84.9 Å². The summed E-state index contributed by atoms with van der Waals surface area (Å²) < 4.78 is 0. The first-order valence-corrected chi connectivity index (χ1v) is 7.98. The average Bonchev–Trinajstić information content (AvgIpc) is 3.14. The number of benzene rings is 2. The molecule has 3 aromatic rings. The standard InChI is InChI=1S/C21H22NO/c1-17(22-16-18-10-8-9-11-18)21(23,19-12-4-2-5-13-19)20-14-6-3-7-15-20/h2-15,17,22-23H,16H2,1H3/q-1/t17-/m0/s1.